The van der Waals surface area contributed by atoms with Gasteiger partial charge in [-0.05, 0) is 64.2 Å². The number of carbonyl (C=O) groups excluding carboxylic acids is 1. The number of hydrogen-bond donors (Lipinski definition) is 1. The molecule has 1 aliphatic carbocycles. The smallest absolute Gasteiger partial charge is 0.407 e. The Hall–Kier alpha value is -2.76. The van der Waals surface area contributed by atoms with Gasteiger partial charge in [0.2, 0.25) is 0 Å². The maximum Gasteiger partial charge on any atom is 0.407 e. The summed E-state index contributed by atoms with van der Waals surface area (Å²) >= 11 is 0. The van der Waals surface area contributed by atoms with Crippen LogP contribution in [0.3, 0.4) is 0 Å². The van der Waals surface area contributed by atoms with Gasteiger partial charge in [-0.3, -0.25) is 4.98 Å². The molecule has 0 radical (unpaired) electrons. The van der Waals surface area contributed by atoms with Crippen molar-refractivity contribution in [3.05, 3.63) is 42.1 Å². The highest BCUT2D eigenvalue weighted by atomic mass is 16.6. The van der Waals surface area contributed by atoms with Gasteiger partial charge in [0.1, 0.15) is 29.8 Å². The predicted molar refractivity (Wildman–Crippen MR) is 124 cm³/mol. The van der Waals surface area contributed by atoms with Crippen LogP contribution in [-0.4, -0.2) is 29.3 Å². The monoisotopic (exact) mass is 438 g/mol. The number of amides is 1. The first-order valence-corrected chi connectivity index (χ1v) is 11.6. The van der Waals surface area contributed by atoms with Gasteiger partial charge in [0, 0.05) is 29.3 Å². The fraction of sp³-hybridized carbons (Fsp3) is 0.538. The molecule has 1 aromatic carbocycles. The fourth-order valence-electron chi connectivity index (χ4n) is 4.12. The number of rotatable bonds is 7. The Bertz CT molecular complexity index is 963. The van der Waals surface area contributed by atoms with Crippen molar-refractivity contribution < 1.29 is 19.0 Å². The molecule has 2 heterocycles. The van der Waals surface area contributed by atoms with E-state index < -0.39 is 11.7 Å². The van der Waals surface area contributed by atoms with Crippen LogP contribution in [0.25, 0.3) is 11.3 Å². The fourth-order valence-corrected chi connectivity index (χ4v) is 4.12. The van der Waals surface area contributed by atoms with Crippen molar-refractivity contribution in [2.75, 3.05) is 6.61 Å². The van der Waals surface area contributed by atoms with Crippen molar-refractivity contribution in [3.8, 4) is 22.8 Å². The number of alkyl carbamates (subject to hydrolysis) is 1. The molecule has 1 saturated carbocycles. The Morgan fingerprint density at radius 3 is 2.72 bits per heavy atom. The second kappa shape index (κ2) is 9.00. The van der Waals surface area contributed by atoms with E-state index in [0.717, 1.165) is 29.2 Å². The summed E-state index contributed by atoms with van der Waals surface area (Å²) in [5, 5.41) is 2.95. The lowest BCUT2D eigenvalue weighted by Crippen LogP contribution is -2.42. The van der Waals surface area contributed by atoms with E-state index >= 15 is 0 Å². The Morgan fingerprint density at radius 2 is 2.03 bits per heavy atom. The van der Waals surface area contributed by atoms with Gasteiger partial charge in [-0.2, -0.15) is 0 Å². The molecule has 2 aliphatic rings. The van der Waals surface area contributed by atoms with Crippen molar-refractivity contribution in [3.63, 3.8) is 0 Å². The Balaban J connectivity index is 1.47. The number of benzene rings is 1. The van der Waals surface area contributed by atoms with E-state index in [1.807, 2.05) is 51.2 Å². The third-order valence-corrected chi connectivity index (χ3v) is 5.59. The summed E-state index contributed by atoms with van der Waals surface area (Å²) in [7, 11) is 0. The first-order valence-electron chi connectivity index (χ1n) is 11.6. The number of pyridine rings is 1. The highest BCUT2D eigenvalue weighted by Gasteiger charge is 2.39. The van der Waals surface area contributed by atoms with Gasteiger partial charge in [-0.1, -0.05) is 19.9 Å². The van der Waals surface area contributed by atoms with Crippen molar-refractivity contribution in [2.45, 2.75) is 71.6 Å². The van der Waals surface area contributed by atoms with Gasteiger partial charge < -0.3 is 19.5 Å². The van der Waals surface area contributed by atoms with E-state index in [1.54, 1.807) is 0 Å². The highest BCUT2D eigenvalue weighted by Crippen LogP contribution is 2.51. The molecular weight excluding hydrogens is 404 g/mol. The minimum Gasteiger partial charge on any atom is -0.491 e. The lowest BCUT2D eigenvalue weighted by Gasteiger charge is -2.28. The third-order valence-electron chi connectivity index (χ3n) is 5.59. The van der Waals surface area contributed by atoms with Crippen LogP contribution in [0.5, 0.6) is 11.5 Å². The Kier molecular flexibility index (Phi) is 6.31. The molecular formula is C26H34N2O4. The number of ether oxygens (including phenoxy) is 3. The van der Waals surface area contributed by atoms with Crippen LogP contribution in [0, 0.1) is 11.8 Å². The summed E-state index contributed by atoms with van der Waals surface area (Å²) in [6, 6.07) is 9.85. The predicted octanol–water partition coefficient (Wildman–Crippen LogP) is 5.91. The molecule has 1 fully saturated rings. The Labute approximate surface area is 190 Å². The van der Waals surface area contributed by atoms with Crippen molar-refractivity contribution >= 4 is 6.09 Å². The van der Waals surface area contributed by atoms with Gasteiger partial charge in [0.15, 0.2) is 0 Å². The van der Waals surface area contributed by atoms with Gasteiger partial charge in [-0.25, -0.2) is 4.79 Å². The minimum atomic E-state index is -0.536. The number of hydrogen-bond acceptors (Lipinski definition) is 5. The van der Waals surface area contributed by atoms with Gasteiger partial charge >= 0.3 is 6.09 Å². The summed E-state index contributed by atoms with van der Waals surface area (Å²) in [5.74, 6) is 2.50. The van der Waals surface area contributed by atoms with Crippen molar-refractivity contribution in [1.82, 2.24) is 10.3 Å². The summed E-state index contributed by atoms with van der Waals surface area (Å²) < 4.78 is 17.9. The van der Waals surface area contributed by atoms with Crippen LogP contribution in [0.2, 0.25) is 0 Å². The molecule has 1 amide bonds. The molecule has 1 aliphatic heterocycles. The molecule has 6 heteroatoms. The average molecular weight is 439 g/mol. The molecule has 2 aromatic rings. The number of carbonyl (C=O) groups is 1. The second-order valence-electron chi connectivity index (χ2n) is 10.3. The van der Waals surface area contributed by atoms with Crippen LogP contribution >= 0.6 is 0 Å². The van der Waals surface area contributed by atoms with Crippen LogP contribution < -0.4 is 14.8 Å². The molecule has 1 aromatic heterocycles. The molecule has 4 rings (SSSR count). The molecule has 172 valence electrons. The lowest BCUT2D eigenvalue weighted by atomic mass is 9.95. The molecule has 0 saturated heterocycles. The SMILES string of the molecule is CC(C)C[C@@H](COc1ccc2c(c1)OC(C1CC1)c1cccnc1-2)NC(=O)OC(C)(C)C. The van der Waals surface area contributed by atoms with Gasteiger partial charge in [0.25, 0.3) is 0 Å². The normalized spacial score (nSPS) is 18.2. The molecule has 1 N–H and O–H groups in total. The van der Waals surface area contributed by atoms with E-state index in [9.17, 15) is 4.79 Å². The van der Waals surface area contributed by atoms with E-state index in [2.05, 4.69) is 30.2 Å². The maximum absolute atomic E-state index is 12.3. The van der Waals surface area contributed by atoms with Crippen LogP contribution in [-0.2, 0) is 4.74 Å². The first-order chi connectivity index (χ1) is 15.2. The lowest BCUT2D eigenvalue weighted by molar-refractivity contribution is 0.0480. The zero-order valence-corrected chi connectivity index (χ0v) is 19.7. The van der Waals surface area contributed by atoms with Crippen molar-refractivity contribution in [2.24, 2.45) is 11.8 Å². The zero-order valence-electron chi connectivity index (χ0n) is 19.7. The number of fused-ring (bicyclic) bond motifs is 3. The molecule has 0 spiro atoms. The molecule has 0 bridgehead atoms. The number of nitrogens with one attached hydrogen (secondary N) is 1. The summed E-state index contributed by atoms with van der Waals surface area (Å²) in [4.78, 5) is 16.9. The number of nitrogens with zero attached hydrogens (tertiary/aromatic N) is 1. The van der Waals surface area contributed by atoms with E-state index in [0.29, 0.717) is 18.4 Å². The molecule has 2 atom stereocenters. The van der Waals surface area contributed by atoms with E-state index in [1.165, 1.54) is 18.4 Å². The summed E-state index contributed by atoms with van der Waals surface area (Å²) in [6.45, 7) is 10.2. The third kappa shape index (κ3) is 5.53. The molecule has 32 heavy (non-hydrogen) atoms. The van der Waals surface area contributed by atoms with Gasteiger partial charge in [0.05, 0.1) is 11.7 Å². The van der Waals surface area contributed by atoms with Crippen LogP contribution in [0.4, 0.5) is 4.79 Å². The average Bonchev–Trinajstić information content (AvgIpc) is 3.54. The Morgan fingerprint density at radius 1 is 1.25 bits per heavy atom. The second-order valence-corrected chi connectivity index (χ2v) is 10.3. The van der Waals surface area contributed by atoms with Gasteiger partial charge in [-0.15, -0.1) is 0 Å². The zero-order chi connectivity index (χ0) is 22.9. The first kappa shape index (κ1) is 22.4. The largest absolute Gasteiger partial charge is 0.491 e. The molecule has 1 unspecified atom stereocenters. The van der Waals surface area contributed by atoms with E-state index in [4.69, 9.17) is 14.2 Å². The number of aromatic nitrogens is 1. The summed E-state index contributed by atoms with van der Waals surface area (Å²) in [5.41, 5.74) is 2.64. The van der Waals surface area contributed by atoms with E-state index in [-0.39, 0.29) is 12.1 Å². The molecule has 6 nitrogen and oxygen atoms in total. The maximum atomic E-state index is 12.3. The van der Waals surface area contributed by atoms with Crippen LogP contribution in [0.1, 0.15) is 65.5 Å². The topological polar surface area (TPSA) is 69.7 Å². The quantitative estimate of drug-likeness (QED) is 0.582. The summed E-state index contributed by atoms with van der Waals surface area (Å²) in [6.07, 6.45) is 4.65. The standard InChI is InChI=1S/C26H34N2O4/c1-16(2)13-18(28-25(29)32-26(3,4)5)15-30-19-10-11-20-22(14-19)31-24(17-8-9-17)21-7-6-12-27-23(20)21/h6-7,10-12,14,16-18,24H,8-9,13,15H2,1-5H3,(H,28,29)/t18-,24?/m0/s1. The van der Waals surface area contributed by atoms with Crippen LogP contribution in [0.15, 0.2) is 36.5 Å². The highest BCUT2D eigenvalue weighted by molar-refractivity contribution is 5.73. The van der Waals surface area contributed by atoms with Crippen molar-refractivity contribution in [1.29, 1.82) is 0 Å². The minimum absolute atomic E-state index is 0.0592.